The van der Waals surface area contributed by atoms with Crippen molar-refractivity contribution in [2.75, 3.05) is 20.3 Å². The van der Waals surface area contributed by atoms with Crippen molar-refractivity contribution in [3.63, 3.8) is 0 Å². The van der Waals surface area contributed by atoms with Gasteiger partial charge in [0.15, 0.2) is 0 Å². The Hall–Kier alpha value is -2.50. The quantitative estimate of drug-likeness (QED) is 0.862. The molecular weight excluding hydrogens is 330 g/mol. The number of nitrogens with zero attached hydrogens (tertiary/aromatic N) is 2. The van der Waals surface area contributed by atoms with Crippen molar-refractivity contribution in [3.8, 4) is 11.5 Å². The first-order valence-corrected chi connectivity index (χ1v) is 9.03. The smallest absolute Gasteiger partial charge is 0.220 e. The first-order valence-electron chi connectivity index (χ1n) is 9.03. The van der Waals surface area contributed by atoms with Crippen LogP contribution < -0.4 is 14.8 Å². The summed E-state index contributed by atoms with van der Waals surface area (Å²) < 4.78 is 12.9. The summed E-state index contributed by atoms with van der Waals surface area (Å²) in [5, 5.41) is 7.45. The predicted octanol–water partition coefficient (Wildman–Crippen LogP) is 2.35. The minimum absolute atomic E-state index is 0.0770. The van der Waals surface area contributed by atoms with Gasteiger partial charge in [0.1, 0.15) is 11.5 Å². The number of amides is 1. The number of rotatable bonds is 6. The molecule has 0 saturated heterocycles. The van der Waals surface area contributed by atoms with Gasteiger partial charge in [-0.25, -0.2) is 0 Å². The van der Waals surface area contributed by atoms with Crippen LogP contribution in [0.4, 0.5) is 0 Å². The summed E-state index contributed by atoms with van der Waals surface area (Å²) >= 11 is 0. The van der Waals surface area contributed by atoms with Gasteiger partial charge in [0.05, 0.1) is 19.4 Å². The number of ether oxygens (including phenoxy) is 2. The highest BCUT2D eigenvalue weighted by atomic mass is 16.5. The molecule has 6 nitrogen and oxygen atoms in total. The van der Waals surface area contributed by atoms with E-state index in [9.17, 15) is 4.79 Å². The van der Waals surface area contributed by atoms with Crippen molar-refractivity contribution in [2.24, 2.45) is 13.0 Å². The summed E-state index contributed by atoms with van der Waals surface area (Å²) in [5.74, 6) is 2.06. The Morgan fingerprint density at radius 2 is 2.23 bits per heavy atom. The van der Waals surface area contributed by atoms with Crippen LogP contribution in [-0.4, -0.2) is 35.9 Å². The van der Waals surface area contributed by atoms with Gasteiger partial charge < -0.3 is 14.8 Å². The average molecular weight is 357 g/mol. The van der Waals surface area contributed by atoms with Gasteiger partial charge in [-0.1, -0.05) is 6.07 Å². The van der Waals surface area contributed by atoms with E-state index in [-0.39, 0.29) is 5.91 Å². The molecule has 140 valence electrons. The highest BCUT2D eigenvalue weighted by Crippen LogP contribution is 2.30. The zero-order chi connectivity index (χ0) is 18.7. The van der Waals surface area contributed by atoms with E-state index in [1.54, 1.807) is 7.11 Å². The van der Waals surface area contributed by atoms with Crippen LogP contribution in [0.15, 0.2) is 18.2 Å². The molecule has 1 atom stereocenters. The van der Waals surface area contributed by atoms with Crippen LogP contribution in [0.1, 0.15) is 28.9 Å². The molecule has 6 heteroatoms. The standard InChI is InChI=1S/C20H27N3O3/c1-13-18(14(2)23(3)22-13)7-8-20(24)21-11-15-9-16-5-6-17(25-4)10-19(16)26-12-15/h5-6,10,15H,7-9,11-12H2,1-4H3,(H,21,24)/t15-/m0/s1. The topological polar surface area (TPSA) is 65.4 Å². The number of benzene rings is 1. The maximum Gasteiger partial charge on any atom is 0.220 e. The number of nitrogens with one attached hydrogen (secondary N) is 1. The molecule has 26 heavy (non-hydrogen) atoms. The molecule has 1 aliphatic rings. The van der Waals surface area contributed by atoms with Crippen molar-refractivity contribution in [3.05, 3.63) is 40.7 Å². The lowest BCUT2D eigenvalue weighted by Crippen LogP contribution is -2.34. The number of methoxy groups -OCH3 is 1. The molecule has 0 saturated carbocycles. The zero-order valence-corrected chi connectivity index (χ0v) is 16.0. The first kappa shape index (κ1) is 18.3. The summed E-state index contributed by atoms with van der Waals surface area (Å²) in [4.78, 5) is 12.2. The highest BCUT2D eigenvalue weighted by Gasteiger charge is 2.21. The van der Waals surface area contributed by atoms with Gasteiger partial charge in [-0.2, -0.15) is 5.10 Å². The molecule has 1 aliphatic heterocycles. The molecule has 0 unspecified atom stereocenters. The molecule has 0 spiro atoms. The number of carbonyl (C=O) groups excluding carboxylic acids is 1. The maximum atomic E-state index is 12.2. The highest BCUT2D eigenvalue weighted by molar-refractivity contribution is 5.76. The number of hydrogen-bond acceptors (Lipinski definition) is 4. The molecule has 0 aliphatic carbocycles. The molecule has 3 rings (SSSR count). The van der Waals surface area contributed by atoms with E-state index in [4.69, 9.17) is 9.47 Å². The third-order valence-corrected chi connectivity index (χ3v) is 5.11. The minimum atomic E-state index is 0.0770. The summed E-state index contributed by atoms with van der Waals surface area (Å²) in [5.41, 5.74) is 4.47. The fourth-order valence-corrected chi connectivity index (χ4v) is 3.44. The second kappa shape index (κ2) is 7.81. The van der Waals surface area contributed by atoms with Gasteiger partial charge in [0.25, 0.3) is 0 Å². The lowest BCUT2D eigenvalue weighted by Gasteiger charge is -2.25. The van der Waals surface area contributed by atoms with Crippen molar-refractivity contribution < 1.29 is 14.3 Å². The normalized spacial score (nSPS) is 15.9. The first-order chi connectivity index (χ1) is 12.5. The number of carbonyl (C=O) groups is 1. The van der Waals surface area contributed by atoms with Crippen LogP contribution >= 0.6 is 0 Å². The van der Waals surface area contributed by atoms with E-state index < -0.39 is 0 Å². The molecular formula is C20H27N3O3. The molecule has 2 heterocycles. The Labute approximate surface area is 154 Å². The molecule has 0 radical (unpaired) electrons. The van der Waals surface area contributed by atoms with Gasteiger partial charge in [0, 0.05) is 37.7 Å². The molecule has 1 amide bonds. The summed E-state index contributed by atoms with van der Waals surface area (Å²) in [6.07, 6.45) is 2.11. The van der Waals surface area contributed by atoms with E-state index in [2.05, 4.69) is 10.4 Å². The van der Waals surface area contributed by atoms with E-state index in [0.29, 0.717) is 25.5 Å². The summed E-state index contributed by atoms with van der Waals surface area (Å²) in [7, 11) is 3.58. The Morgan fingerprint density at radius 3 is 2.92 bits per heavy atom. The lowest BCUT2D eigenvalue weighted by molar-refractivity contribution is -0.121. The zero-order valence-electron chi connectivity index (χ0n) is 16.0. The Balaban J connectivity index is 1.47. The Bertz CT molecular complexity index is 798. The van der Waals surface area contributed by atoms with Crippen LogP contribution in [0, 0.1) is 19.8 Å². The number of fused-ring (bicyclic) bond motifs is 1. The predicted molar refractivity (Wildman–Crippen MR) is 99.7 cm³/mol. The molecule has 1 aromatic carbocycles. The van der Waals surface area contributed by atoms with Gasteiger partial charge in [-0.05, 0) is 43.9 Å². The third kappa shape index (κ3) is 4.00. The van der Waals surface area contributed by atoms with Gasteiger partial charge in [0.2, 0.25) is 5.91 Å². The second-order valence-electron chi connectivity index (χ2n) is 6.93. The number of aromatic nitrogens is 2. The van der Waals surface area contributed by atoms with Crippen LogP contribution in [-0.2, 0) is 24.7 Å². The fraction of sp³-hybridized carbons (Fsp3) is 0.500. The van der Waals surface area contributed by atoms with E-state index in [0.717, 1.165) is 41.3 Å². The van der Waals surface area contributed by atoms with Crippen molar-refractivity contribution in [1.82, 2.24) is 15.1 Å². The molecule has 1 N–H and O–H groups in total. The molecule has 0 fully saturated rings. The maximum absolute atomic E-state index is 12.2. The largest absolute Gasteiger partial charge is 0.497 e. The molecule has 2 aromatic rings. The monoisotopic (exact) mass is 357 g/mol. The molecule has 0 bridgehead atoms. The number of aryl methyl sites for hydroxylation is 2. The van der Waals surface area contributed by atoms with E-state index >= 15 is 0 Å². The SMILES string of the molecule is COc1ccc2c(c1)OC[C@H](CNC(=O)CCc1c(C)nn(C)c1C)C2. The molecule has 1 aromatic heterocycles. The lowest BCUT2D eigenvalue weighted by atomic mass is 9.96. The average Bonchev–Trinajstić information content (AvgIpc) is 2.89. The van der Waals surface area contributed by atoms with Crippen molar-refractivity contribution in [1.29, 1.82) is 0 Å². The van der Waals surface area contributed by atoms with Crippen LogP contribution in [0.3, 0.4) is 0 Å². The van der Waals surface area contributed by atoms with Gasteiger partial charge >= 0.3 is 0 Å². The fourth-order valence-electron chi connectivity index (χ4n) is 3.44. The summed E-state index contributed by atoms with van der Waals surface area (Å²) in [6.45, 7) is 5.28. The van der Waals surface area contributed by atoms with Gasteiger partial charge in [-0.15, -0.1) is 0 Å². The Kier molecular flexibility index (Phi) is 5.49. The van der Waals surface area contributed by atoms with E-state index in [1.165, 1.54) is 5.56 Å². The van der Waals surface area contributed by atoms with Crippen LogP contribution in [0.5, 0.6) is 11.5 Å². The van der Waals surface area contributed by atoms with Crippen molar-refractivity contribution in [2.45, 2.75) is 33.1 Å². The van der Waals surface area contributed by atoms with Crippen LogP contribution in [0.2, 0.25) is 0 Å². The summed E-state index contributed by atoms with van der Waals surface area (Å²) in [6, 6.07) is 5.90. The van der Waals surface area contributed by atoms with Crippen molar-refractivity contribution >= 4 is 5.91 Å². The van der Waals surface area contributed by atoms with Gasteiger partial charge in [-0.3, -0.25) is 9.48 Å². The van der Waals surface area contributed by atoms with Crippen LogP contribution in [0.25, 0.3) is 0 Å². The van der Waals surface area contributed by atoms with E-state index in [1.807, 2.05) is 43.8 Å². The minimum Gasteiger partial charge on any atom is -0.497 e. The number of hydrogen-bond donors (Lipinski definition) is 1. The second-order valence-corrected chi connectivity index (χ2v) is 6.93. The third-order valence-electron chi connectivity index (χ3n) is 5.11. The Morgan fingerprint density at radius 1 is 1.42 bits per heavy atom.